The molecule has 3 rings (SSSR count). The third kappa shape index (κ3) is 2.14. The number of benzene rings is 1. The van der Waals surface area contributed by atoms with Gasteiger partial charge in [-0.1, -0.05) is 0 Å². The number of fused-ring (bicyclic) bond motifs is 1. The van der Waals surface area contributed by atoms with E-state index in [1.54, 1.807) is 0 Å². The normalized spacial score (nSPS) is 23.8. The zero-order valence-corrected chi connectivity index (χ0v) is 10.9. The highest BCUT2D eigenvalue weighted by atomic mass is 32.2. The monoisotopic (exact) mass is 298 g/mol. The van der Waals surface area contributed by atoms with Crippen LogP contribution in [0.3, 0.4) is 0 Å². The van der Waals surface area contributed by atoms with Gasteiger partial charge in [-0.25, -0.2) is 0 Å². The SMILES string of the molecule is O=C(O)[C@@H]1CS[C@@H](c2cc3c(cc2[N+](=O)[O-])OCO3)N1. The molecule has 2 heterocycles. The number of nitro benzene ring substituents is 1. The fourth-order valence-electron chi connectivity index (χ4n) is 2.11. The van der Waals surface area contributed by atoms with Crippen molar-refractivity contribution in [3.63, 3.8) is 0 Å². The van der Waals surface area contributed by atoms with Crippen LogP contribution < -0.4 is 14.8 Å². The average Bonchev–Trinajstić information content (AvgIpc) is 3.05. The van der Waals surface area contributed by atoms with E-state index >= 15 is 0 Å². The van der Waals surface area contributed by atoms with Gasteiger partial charge in [0.2, 0.25) is 6.79 Å². The van der Waals surface area contributed by atoms with E-state index in [1.165, 1.54) is 23.9 Å². The lowest BCUT2D eigenvalue weighted by Crippen LogP contribution is -2.33. The molecule has 1 saturated heterocycles. The van der Waals surface area contributed by atoms with Gasteiger partial charge >= 0.3 is 5.97 Å². The topological polar surface area (TPSA) is 111 Å². The van der Waals surface area contributed by atoms with Crippen molar-refractivity contribution in [3.05, 3.63) is 27.8 Å². The Labute approximate surface area is 117 Å². The Morgan fingerprint density at radius 1 is 1.45 bits per heavy atom. The molecule has 0 spiro atoms. The van der Waals surface area contributed by atoms with Crippen molar-refractivity contribution in [2.24, 2.45) is 0 Å². The molecule has 2 aliphatic heterocycles. The molecule has 9 heteroatoms. The number of nitro groups is 1. The number of rotatable bonds is 3. The van der Waals surface area contributed by atoms with Crippen LogP contribution in [0.2, 0.25) is 0 Å². The van der Waals surface area contributed by atoms with Crippen molar-refractivity contribution in [1.82, 2.24) is 5.32 Å². The van der Waals surface area contributed by atoms with Crippen LogP contribution in [0.25, 0.3) is 0 Å². The Balaban J connectivity index is 1.96. The van der Waals surface area contributed by atoms with E-state index in [1.807, 2.05) is 0 Å². The summed E-state index contributed by atoms with van der Waals surface area (Å²) in [5.74, 6) is 0.152. The highest BCUT2D eigenvalue weighted by molar-refractivity contribution is 7.99. The number of carboxylic acids is 1. The van der Waals surface area contributed by atoms with E-state index in [9.17, 15) is 14.9 Å². The first kappa shape index (κ1) is 13.0. The van der Waals surface area contributed by atoms with Crippen LogP contribution in [0.4, 0.5) is 5.69 Å². The third-order valence-corrected chi connectivity index (χ3v) is 4.33. The van der Waals surface area contributed by atoms with E-state index in [2.05, 4.69) is 5.32 Å². The molecule has 0 aromatic heterocycles. The van der Waals surface area contributed by atoms with Crippen LogP contribution >= 0.6 is 11.8 Å². The number of carboxylic acid groups (broad SMARTS) is 1. The molecule has 1 fully saturated rings. The van der Waals surface area contributed by atoms with Crippen LogP contribution in [0.1, 0.15) is 10.9 Å². The number of aliphatic carboxylic acids is 1. The Hall–Kier alpha value is -2.00. The standard InChI is InChI=1S/C11H10N2O6S/c14-11(15)6-3-20-10(12-6)5-1-8-9(19-4-18-8)2-7(5)13(16)17/h1-2,6,10,12H,3-4H2,(H,14,15)/t6-,10-/m0/s1. The maximum Gasteiger partial charge on any atom is 0.321 e. The molecule has 0 radical (unpaired) electrons. The molecule has 0 bridgehead atoms. The van der Waals surface area contributed by atoms with E-state index in [0.717, 1.165) is 0 Å². The molecule has 0 aliphatic carbocycles. The summed E-state index contributed by atoms with van der Waals surface area (Å²) in [6.07, 6.45) is 0. The molecular formula is C11H10N2O6S. The first-order chi connectivity index (χ1) is 9.56. The van der Waals surface area contributed by atoms with Crippen LogP contribution in [0.5, 0.6) is 11.5 Å². The van der Waals surface area contributed by atoms with Gasteiger partial charge < -0.3 is 14.6 Å². The Morgan fingerprint density at radius 3 is 2.75 bits per heavy atom. The van der Waals surface area contributed by atoms with Crippen molar-refractivity contribution in [2.75, 3.05) is 12.5 Å². The minimum Gasteiger partial charge on any atom is -0.480 e. The maximum atomic E-state index is 11.1. The molecule has 20 heavy (non-hydrogen) atoms. The summed E-state index contributed by atoms with van der Waals surface area (Å²) >= 11 is 1.32. The summed E-state index contributed by atoms with van der Waals surface area (Å²) in [6.45, 7) is 0.0267. The van der Waals surface area contributed by atoms with Gasteiger partial charge in [-0.2, -0.15) is 0 Å². The molecule has 8 nitrogen and oxygen atoms in total. The Morgan fingerprint density at radius 2 is 2.15 bits per heavy atom. The fourth-order valence-corrected chi connectivity index (χ4v) is 3.36. The second-order valence-corrected chi connectivity index (χ2v) is 5.43. The van der Waals surface area contributed by atoms with Gasteiger partial charge in [-0.05, 0) is 6.07 Å². The predicted octanol–water partition coefficient (Wildman–Crippen LogP) is 1.11. The van der Waals surface area contributed by atoms with Crippen molar-refractivity contribution in [1.29, 1.82) is 0 Å². The fraction of sp³-hybridized carbons (Fsp3) is 0.364. The van der Waals surface area contributed by atoms with Gasteiger partial charge in [-0.15, -0.1) is 11.8 Å². The lowest BCUT2D eigenvalue weighted by molar-refractivity contribution is -0.385. The molecule has 1 aromatic rings. The number of hydrogen-bond acceptors (Lipinski definition) is 7. The van der Waals surface area contributed by atoms with Gasteiger partial charge in [0.05, 0.1) is 21.9 Å². The van der Waals surface area contributed by atoms with E-state index in [4.69, 9.17) is 14.6 Å². The van der Waals surface area contributed by atoms with Crippen molar-refractivity contribution >= 4 is 23.4 Å². The maximum absolute atomic E-state index is 11.1. The molecule has 0 unspecified atom stereocenters. The number of ether oxygens (including phenoxy) is 2. The highest BCUT2D eigenvalue weighted by Crippen LogP contribution is 2.44. The Bertz CT molecular complexity index is 593. The summed E-state index contributed by atoms with van der Waals surface area (Å²) in [5, 5.41) is 22.5. The summed E-state index contributed by atoms with van der Waals surface area (Å²) in [5.41, 5.74) is 0.290. The molecule has 2 aliphatic rings. The van der Waals surface area contributed by atoms with Crippen molar-refractivity contribution in [3.8, 4) is 11.5 Å². The van der Waals surface area contributed by atoms with E-state index in [-0.39, 0.29) is 12.5 Å². The minimum absolute atomic E-state index is 0.0267. The average molecular weight is 298 g/mol. The van der Waals surface area contributed by atoms with Crippen molar-refractivity contribution < 1.29 is 24.3 Å². The second-order valence-electron chi connectivity index (χ2n) is 4.29. The lowest BCUT2D eigenvalue weighted by Gasteiger charge is -2.12. The summed E-state index contributed by atoms with van der Waals surface area (Å²) < 4.78 is 10.3. The number of thioether (sulfide) groups is 1. The summed E-state index contributed by atoms with van der Waals surface area (Å²) in [6, 6.07) is 2.14. The number of hydrogen-bond donors (Lipinski definition) is 2. The van der Waals surface area contributed by atoms with Gasteiger partial charge in [0.15, 0.2) is 11.5 Å². The van der Waals surface area contributed by atoms with Gasteiger partial charge in [-0.3, -0.25) is 20.2 Å². The second kappa shape index (κ2) is 4.84. The highest BCUT2D eigenvalue weighted by Gasteiger charge is 2.35. The zero-order chi connectivity index (χ0) is 14.3. The zero-order valence-electron chi connectivity index (χ0n) is 10.1. The predicted molar refractivity (Wildman–Crippen MR) is 69.0 cm³/mol. The van der Waals surface area contributed by atoms with Crippen LogP contribution in [-0.4, -0.2) is 34.6 Å². The minimum atomic E-state index is -0.969. The quantitative estimate of drug-likeness (QED) is 0.630. The molecule has 0 saturated carbocycles. The smallest absolute Gasteiger partial charge is 0.321 e. The Kier molecular flexibility index (Phi) is 3.14. The number of nitrogens with zero attached hydrogens (tertiary/aromatic N) is 1. The van der Waals surface area contributed by atoms with E-state index in [0.29, 0.717) is 22.8 Å². The van der Waals surface area contributed by atoms with Crippen LogP contribution in [0.15, 0.2) is 12.1 Å². The largest absolute Gasteiger partial charge is 0.480 e. The van der Waals surface area contributed by atoms with Gasteiger partial charge in [0, 0.05) is 5.75 Å². The van der Waals surface area contributed by atoms with Crippen molar-refractivity contribution in [2.45, 2.75) is 11.4 Å². The molecule has 0 amide bonds. The molecule has 106 valence electrons. The van der Waals surface area contributed by atoms with E-state index < -0.39 is 22.3 Å². The third-order valence-electron chi connectivity index (χ3n) is 3.08. The van der Waals surface area contributed by atoms with Gasteiger partial charge in [0.1, 0.15) is 6.04 Å². The summed E-state index contributed by atoms with van der Waals surface area (Å²) in [7, 11) is 0. The summed E-state index contributed by atoms with van der Waals surface area (Å²) in [4.78, 5) is 21.6. The lowest BCUT2D eigenvalue weighted by atomic mass is 10.1. The number of carbonyl (C=O) groups is 1. The van der Waals surface area contributed by atoms with Gasteiger partial charge in [0.25, 0.3) is 5.69 Å². The first-order valence-corrected chi connectivity index (χ1v) is 6.79. The molecule has 1 aromatic carbocycles. The molecular weight excluding hydrogens is 288 g/mol. The number of nitrogens with one attached hydrogen (secondary N) is 1. The van der Waals surface area contributed by atoms with Crippen LogP contribution in [-0.2, 0) is 4.79 Å². The first-order valence-electron chi connectivity index (χ1n) is 5.74. The van der Waals surface area contributed by atoms with Crippen LogP contribution in [0, 0.1) is 10.1 Å². The molecule has 2 atom stereocenters. The molecule has 2 N–H and O–H groups in total.